The summed E-state index contributed by atoms with van der Waals surface area (Å²) < 4.78 is 0. The molecule has 1 aliphatic carbocycles. The van der Waals surface area contributed by atoms with Crippen LogP contribution in [0.25, 0.3) is 0 Å². The van der Waals surface area contributed by atoms with E-state index < -0.39 is 0 Å². The average molecular weight is 345 g/mol. The molecular weight excluding hydrogens is 304 g/mol. The zero-order chi connectivity index (χ0) is 17.3. The zero-order valence-electron chi connectivity index (χ0n) is 16.2. The van der Waals surface area contributed by atoms with Gasteiger partial charge in [0.15, 0.2) is 0 Å². The van der Waals surface area contributed by atoms with Gasteiger partial charge < -0.3 is 0 Å². The van der Waals surface area contributed by atoms with Crippen LogP contribution >= 0.6 is 0 Å². The minimum atomic E-state index is 0.313. The highest BCUT2D eigenvalue weighted by atomic mass is 17.2. The van der Waals surface area contributed by atoms with Crippen molar-refractivity contribution in [3.05, 3.63) is 0 Å². The molecule has 4 heteroatoms. The predicted octanol–water partition coefficient (Wildman–Crippen LogP) is 5.99. The molecule has 0 unspecified atom stereocenters. The van der Waals surface area contributed by atoms with E-state index in [4.69, 9.17) is 19.6 Å². The smallest absolute Gasteiger partial charge is 0.0827 e. The van der Waals surface area contributed by atoms with E-state index in [1.807, 2.05) is 13.8 Å². The van der Waals surface area contributed by atoms with Crippen LogP contribution in [-0.2, 0) is 19.6 Å². The third-order valence-corrected chi connectivity index (χ3v) is 5.25. The first-order valence-corrected chi connectivity index (χ1v) is 10.3. The maximum atomic E-state index is 5.34. The molecule has 0 N–H and O–H groups in total. The van der Waals surface area contributed by atoms with Crippen LogP contribution in [0.5, 0.6) is 0 Å². The highest BCUT2D eigenvalue weighted by Crippen LogP contribution is 2.39. The summed E-state index contributed by atoms with van der Waals surface area (Å²) >= 11 is 0. The number of hydrogen-bond acceptors (Lipinski definition) is 4. The van der Waals surface area contributed by atoms with E-state index in [1.54, 1.807) is 0 Å². The summed E-state index contributed by atoms with van der Waals surface area (Å²) in [6.45, 7) is 6.51. The van der Waals surface area contributed by atoms with Crippen molar-refractivity contribution in [2.75, 3.05) is 26.4 Å². The van der Waals surface area contributed by atoms with Crippen molar-refractivity contribution < 1.29 is 19.6 Å². The van der Waals surface area contributed by atoms with Crippen molar-refractivity contribution in [2.24, 2.45) is 5.41 Å². The normalized spacial score (nSPS) is 20.2. The molecule has 0 aromatic heterocycles. The topological polar surface area (TPSA) is 36.9 Å². The van der Waals surface area contributed by atoms with Gasteiger partial charge in [-0.2, -0.15) is 0 Å². The Hall–Kier alpha value is -0.160. The quantitative estimate of drug-likeness (QED) is 0.277. The van der Waals surface area contributed by atoms with Crippen molar-refractivity contribution in [1.82, 2.24) is 0 Å². The first kappa shape index (κ1) is 21.9. The van der Waals surface area contributed by atoms with E-state index in [0.29, 0.717) is 31.8 Å². The predicted molar refractivity (Wildman–Crippen MR) is 97.6 cm³/mol. The highest BCUT2D eigenvalue weighted by Gasteiger charge is 2.29. The largest absolute Gasteiger partial charge is 0.237 e. The Labute approximate surface area is 149 Å². The molecule has 0 aliphatic heterocycles. The number of hydrogen-bond donors (Lipinski definition) is 0. The van der Waals surface area contributed by atoms with E-state index in [2.05, 4.69) is 0 Å². The summed E-state index contributed by atoms with van der Waals surface area (Å²) in [6, 6.07) is 0. The third kappa shape index (κ3) is 10.7. The lowest BCUT2D eigenvalue weighted by atomic mass is 9.73. The molecule has 1 aliphatic rings. The van der Waals surface area contributed by atoms with Gasteiger partial charge in [0.05, 0.1) is 26.4 Å². The SMILES string of the molecule is CCOOCCC1(CCOOCC)CCCCCCCCCCC1. The van der Waals surface area contributed by atoms with E-state index in [0.717, 1.165) is 12.8 Å². The van der Waals surface area contributed by atoms with Gasteiger partial charge in [-0.05, 0) is 44.9 Å². The lowest BCUT2D eigenvalue weighted by molar-refractivity contribution is -0.301. The molecule has 0 radical (unpaired) electrons. The lowest BCUT2D eigenvalue weighted by Crippen LogP contribution is -2.26. The third-order valence-electron chi connectivity index (χ3n) is 5.25. The van der Waals surface area contributed by atoms with Crippen LogP contribution in [0.4, 0.5) is 0 Å². The standard InChI is InChI=1S/C20H40O4/c1-3-21-23-18-16-20(17-19-24-22-4-2)14-12-10-8-6-5-7-9-11-13-15-20/h3-19H2,1-2H3. The summed E-state index contributed by atoms with van der Waals surface area (Å²) in [5.41, 5.74) is 0.313. The molecule has 4 nitrogen and oxygen atoms in total. The van der Waals surface area contributed by atoms with Gasteiger partial charge >= 0.3 is 0 Å². The van der Waals surface area contributed by atoms with E-state index in [1.165, 1.54) is 70.6 Å². The molecule has 24 heavy (non-hydrogen) atoms. The molecule has 0 aromatic carbocycles. The molecular formula is C20H40O4. The molecule has 0 bridgehead atoms. The molecule has 1 fully saturated rings. The zero-order valence-corrected chi connectivity index (χ0v) is 16.2. The van der Waals surface area contributed by atoms with Crippen molar-refractivity contribution in [2.45, 2.75) is 97.3 Å². The van der Waals surface area contributed by atoms with Gasteiger partial charge in [-0.3, -0.25) is 0 Å². The van der Waals surface area contributed by atoms with Crippen LogP contribution in [0, 0.1) is 5.41 Å². The molecule has 0 spiro atoms. The second-order valence-electron chi connectivity index (χ2n) is 7.14. The van der Waals surface area contributed by atoms with Crippen LogP contribution in [0.3, 0.4) is 0 Å². The van der Waals surface area contributed by atoms with Gasteiger partial charge in [-0.25, -0.2) is 19.6 Å². The van der Waals surface area contributed by atoms with E-state index in [9.17, 15) is 0 Å². The first-order valence-electron chi connectivity index (χ1n) is 10.3. The summed E-state index contributed by atoms with van der Waals surface area (Å²) in [5.74, 6) is 0. The van der Waals surface area contributed by atoms with Crippen LogP contribution in [0.15, 0.2) is 0 Å². The minimum Gasteiger partial charge on any atom is -0.237 e. The molecule has 144 valence electrons. The molecule has 0 saturated heterocycles. The van der Waals surface area contributed by atoms with Gasteiger partial charge in [-0.1, -0.05) is 57.8 Å². The van der Waals surface area contributed by atoms with Gasteiger partial charge in [0.1, 0.15) is 0 Å². The summed E-state index contributed by atoms with van der Waals surface area (Å²) in [7, 11) is 0. The van der Waals surface area contributed by atoms with Crippen LogP contribution < -0.4 is 0 Å². The van der Waals surface area contributed by atoms with Crippen LogP contribution in [-0.4, -0.2) is 26.4 Å². The number of rotatable bonds is 10. The van der Waals surface area contributed by atoms with Crippen LogP contribution in [0.1, 0.15) is 97.3 Å². The fraction of sp³-hybridized carbons (Fsp3) is 1.00. The van der Waals surface area contributed by atoms with Crippen molar-refractivity contribution in [1.29, 1.82) is 0 Å². The Kier molecular flexibility index (Phi) is 13.8. The fourth-order valence-electron chi connectivity index (χ4n) is 3.79. The van der Waals surface area contributed by atoms with E-state index >= 15 is 0 Å². The molecule has 0 amide bonds. The Morgan fingerprint density at radius 2 is 0.917 bits per heavy atom. The maximum absolute atomic E-state index is 5.34. The molecule has 0 heterocycles. The van der Waals surface area contributed by atoms with Crippen molar-refractivity contribution in [3.8, 4) is 0 Å². The fourth-order valence-corrected chi connectivity index (χ4v) is 3.79. The Bertz CT molecular complexity index is 237. The lowest BCUT2D eigenvalue weighted by Gasteiger charge is -2.34. The Balaban J connectivity index is 2.55. The average Bonchev–Trinajstić information content (AvgIpc) is 2.58. The van der Waals surface area contributed by atoms with Crippen molar-refractivity contribution >= 4 is 0 Å². The van der Waals surface area contributed by atoms with Gasteiger partial charge in [0.2, 0.25) is 0 Å². The maximum Gasteiger partial charge on any atom is 0.0827 e. The molecule has 1 rings (SSSR count). The minimum absolute atomic E-state index is 0.313. The second kappa shape index (κ2) is 15.1. The highest BCUT2D eigenvalue weighted by molar-refractivity contribution is 4.80. The van der Waals surface area contributed by atoms with Crippen molar-refractivity contribution in [3.63, 3.8) is 0 Å². The molecule has 0 atom stereocenters. The molecule has 1 saturated carbocycles. The second-order valence-corrected chi connectivity index (χ2v) is 7.14. The van der Waals surface area contributed by atoms with Gasteiger partial charge in [0, 0.05) is 0 Å². The summed E-state index contributed by atoms with van der Waals surface area (Å²) in [5, 5.41) is 0. The van der Waals surface area contributed by atoms with Gasteiger partial charge in [0.25, 0.3) is 0 Å². The summed E-state index contributed by atoms with van der Waals surface area (Å²) in [6.07, 6.45) is 17.1. The Morgan fingerprint density at radius 3 is 1.29 bits per heavy atom. The van der Waals surface area contributed by atoms with E-state index in [-0.39, 0.29) is 0 Å². The summed E-state index contributed by atoms with van der Waals surface area (Å²) in [4.78, 5) is 20.9. The van der Waals surface area contributed by atoms with Crippen LogP contribution in [0.2, 0.25) is 0 Å². The van der Waals surface area contributed by atoms with Gasteiger partial charge in [-0.15, -0.1) is 0 Å². The first-order chi connectivity index (χ1) is 11.8. The Morgan fingerprint density at radius 1 is 0.542 bits per heavy atom. The molecule has 0 aromatic rings. The monoisotopic (exact) mass is 344 g/mol.